The van der Waals surface area contributed by atoms with Gasteiger partial charge in [0.25, 0.3) is 0 Å². The summed E-state index contributed by atoms with van der Waals surface area (Å²) in [5, 5.41) is 10.2. The van der Waals surface area contributed by atoms with Crippen molar-refractivity contribution in [3.8, 4) is 6.07 Å². The summed E-state index contributed by atoms with van der Waals surface area (Å²) in [5.74, 6) is 0. The van der Waals surface area contributed by atoms with Gasteiger partial charge >= 0.3 is 0 Å². The molecule has 3 rings (SSSR count). The van der Waals surface area contributed by atoms with Gasteiger partial charge in [0.05, 0.1) is 5.56 Å². The summed E-state index contributed by atoms with van der Waals surface area (Å²) in [5.41, 5.74) is 5.70. The Morgan fingerprint density at radius 3 is 2.75 bits per heavy atom. The number of hydrogen-bond acceptors (Lipinski definition) is 3. The highest BCUT2D eigenvalue weighted by molar-refractivity contribution is 7.99. The fraction of sp³-hybridized carbons (Fsp3) is 0.294. The van der Waals surface area contributed by atoms with Crippen molar-refractivity contribution in [1.29, 1.82) is 5.26 Å². The molecule has 0 bridgehead atoms. The molecule has 0 fully saturated rings. The van der Waals surface area contributed by atoms with E-state index in [0.29, 0.717) is 5.56 Å². The van der Waals surface area contributed by atoms with Crippen LogP contribution in [0.2, 0.25) is 0 Å². The third-order valence-corrected chi connectivity index (χ3v) is 4.82. The predicted octanol–water partition coefficient (Wildman–Crippen LogP) is 4.21. The van der Waals surface area contributed by atoms with E-state index >= 15 is 0 Å². The number of fused-ring (bicyclic) bond motifs is 1. The van der Waals surface area contributed by atoms with Gasteiger partial charge in [-0.05, 0) is 68.0 Å². The van der Waals surface area contributed by atoms with E-state index in [2.05, 4.69) is 38.1 Å². The lowest BCUT2D eigenvalue weighted by atomic mass is 10.1. The van der Waals surface area contributed by atoms with Gasteiger partial charge in [0, 0.05) is 10.6 Å². The molecule has 0 saturated heterocycles. The van der Waals surface area contributed by atoms with Crippen molar-refractivity contribution in [2.24, 2.45) is 0 Å². The first-order chi connectivity index (χ1) is 9.67. The molecule has 1 aliphatic rings. The van der Waals surface area contributed by atoms with E-state index in [0.717, 1.165) is 29.2 Å². The Balaban J connectivity index is 1.98. The van der Waals surface area contributed by atoms with Crippen LogP contribution in [0.25, 0.3) is 0 Å². The molecule has 0 atom stereocenters. The molecule has 0 aliphatic heterocycles. The Bertz CT molecular complexity index is 714. The molecular weight excluding hydrogens is 264 g/mol. The van der Waals surface area contributed by atoms with Crippen LogP contribution >= 0.6 is 11.8 Å². The molecule has 20 heavy (non-hydrogen) atoms. The number of nitriles is 1. The molecule has 0 spiro atoms. The Morgan fingerprint density at radius 2 is 2.00 bits per heavy atom. The highest BCUT2D eigenvalue weighted by Gasteiger charge is 2.17. The van der Waals surface area contributed by atoms with Gasteiger partial charge in [0.1, 0.15) is 11.1 Å². The molecule has 0 unspecified atom stereocenters. The highest BCUT2D eigenvalue weighted by Crippen LogP contribution is 2.33. The van der Waals surface area contributed by atoms with Gasteiger partial charge in [-0.25, -0.2) is 4.98 Å². The number of nitrogens with zero attached hydrogens (tertiary/aromatic N) is 2. The van der Waals surface area contributed by atoms with Gasteiger partial charge in [-0.3, -0.25) is 0 Å². The minimum absolute atomic E-state index is 0.703. The number of pyridine rings is 1. The smallest absolute Gasteiger partial charge is 0.119 e. The maximum Gasteiger partial charge on any atom is 0.119 e. The van der Waals surface area contributed by atoms with Crippen molar-refractivity contribution >= 4 is 11.8 Å². The molecular formula is C17H16N2S. The summed E-state index contributed by atoms with van der Waals surface area (Å²) < 4.78 is 0. The first-order valence-corrected chi connectivity index (χ1v) is 7.67. The number of aryl methyl sites for hydroxylation is 4. The molecule has 0 radical (unpaired) electrons. The highest BCUT2D eigenvalue weighted by atomic mass is 32.2. The van der Waals surface area contributed by atoms with Crippen molar-refractivity contribution in [2.75, 3.05) is 0 Å². The van der Waals surface area contributed by atoms with Gasteiger partial charge < -0.3 is 0 Å². The van der Waals surface area contributed by atoms with E-state index in [1.165, 1.54) is 22.4 Å². The number of hydrogen-bond donors (Lipinski definition) is 0. The van der Waals surface area contributed by atoms with Crippen LogP contribution in [0.5, 0.6) is 0 Å². The predicted molar refractivity (Wildman–Crippen MR) is 81.0 cm³/mol. The SMILES string of the molecule is Cc1ccc(Sc2nc3c(cc2C#N)CCC3)cc1C. The van der Waals surface area contributed by atoms with Gasteiger partial charge in [-0.2, -0.15) is 5.26 Å². The first kappa shape index (κ1) is 13.2. The molecule has 2 nitrogen and oxygen atoms in total. The van der Waals surface area contributed by atoms with E-state index in [-0.39, 0.29) is 0 Å². The average Bonchev–Trinajstić information content (AvgIpc) is 2.89. The molecule has 3 heteroatoms. The van der Waals surface area contributed by atoms with Crippen LogP contribution in [0.1, 0.15) is 34.4 Å². The van der Waals surface area contributed by atoms with E-state index in [1.54, 1.807) is 11.8 Å². The van der Waals surface area contributed by atoms with Gasteiger partial charge in [-0.1, -0.05) is 17.8 Å². The molecule has 100 valence electrons. The van der Waals surface area contributed by atoms with Crippen LogP contribution in [0, 0.1) is 25.2 Å². The second-order valence-corrected chi connectivity index (χ2v) is 6.32. The molecule has 0 amide bonds. The van der Waals surface area contributed by atoms with Crippen LogP contribution in [0.4, 0.5) is 0 Å². The fourth-order valence-corrected chi connectivity index (χ4v) is 3.47. The Labute approximate surface area is 123 Å². The lowest BCUT2D eigenvalue weighted by Gasteiger charge is -2.08. The van der Waals surface area contributed by atoms with E-state index in [9.17, 15) is 5.26 Å². The standard InChI is InChI=1S/C17H16N2S/c1-11-6-7-15(8-12(11)2)20-17-14(10-18)9-13-4-3-5-16(13)19-17/h6-9H,3-5H2,1-2H3. The zero-order valence-electron chi connectivity index (χ0n) is 11.7. The maximum atomic E-state index is 9.32. The summed E-state index contributed by atoms with van der Waals surface area (Å²) in [6, 6.07) is 10.7. The summed E-state index contributed by atoms with van der Waals surface area (Å²) in [4.78, 5) is 5.86. The Kier molecular flexibility index (Phi) is 3.50. The number of benzene rings is 1. The minimum Gasteiger partial charge on any atom is -0.244 e. The maximum absolute atomic E-state index is 9.32. The van der Waals surface area contributed by atoms with Gasteiger partial charge in [0.15, 0.2) is 0 Å². The van der Waals surface area contributed by atoms with Crippen LogP contribution in [-0.4, -0.2) is 4.98 Å². The normalized spacial score (nSPS) is 13.1. The van der Waals surface area contributed by atoms with Crippen molar-refractivity contribution in [3.05, 3.63) is 52.2 Å². The van der Waals surface area contributed by atoms with Crippen molar-refractivity contribution in [3.63, 3.8) is 0 Å². The van der Waals surface area contributed by atoms with E-state index in [4.69, 9.17) is 4.98 Å². The Hall–Kier alpha value is -1.79. The summed E-state index contributed by atoms with van der Waals surface area (Å²) >= 11 is 1.59. The van der Waals surface area contributed by atoms with E-state index in [1.807, 2.05) is 6.07 Å². The van der Waals surface area contributed by atoms with Crippen LogP contribution in [-0.2, 0) is 12.8 Å². The summed E-state index contributed by atoms with van der Waals surface area (Å²) in [7, 11) is 0. The largest absolute Gasteiger partial charge is 0.244 e. The van der Waals surface area contributed by atoms with Crippen molar-refractivity contribution in [1.82, 2.24) is 4.98 Å². The van der Waals surface area contributed by atoms with Crippen LogP contribution in [0.3, 0.4) is 0 Å². The average molecular weight is 280 g/mol. The minimum atomic E-state index is 0.703. The molecule has 1 aromatic carbocycles. The number of aromatic nitrogens is 1. The second kappa shape index (κ2) is 5.30. The third kappa shape index (κ3) is 2.44. The monoisotopic (exact) mass is 280 g/mol. The van der Waals surface area contributed by atoms with Gasteiger partial charge in [0.2, 0.25) is 0 Å². The van der Waals surface area contributed by atoms with Gasteiger partial charge in [-0.15, -0.1) is 0 Å². The molecule has 1 aliphatic carbocycles. The van der Waals surface area contributed by atoms with Crippen LogP contribution < -0.4 is 0 Å². The van der Waals surface area contributed by atoms with Crippen molar-refractivity contribution in [2.45, 2.75) is 43.0 Å². The molecule has 0 N–H and O–H groups in total. The number of rotatable bonds is 2. The second-order valence-electron chi connectivity index (χ2n) is 5.26. The molecule has 0 saturated carbocycles. The summed E-state index contributed by atoms with van der Waals surface area (Å²) in [6.45, 7) is 4.22. The Morgan fingerprint density at radius 1 is 1.15 bits per heavy atom. The van der Waals surface area contributed by atoms with Crippen LogP contribution in [0.15, 0.2) is 34.2 Å². The topological polar surface area (TPSA) is 36.7 Å². The molecule has 2 aromatic rings. The molecule has 1 aromatic heterocycles. The lowest BCUT2D eigenvalue weighted by molar-refractivity contribution is 0.891. The third-order valence-electron chi connectivity index (χ3n) is 3.83. The van der Waals surface area contributed by atoms with E-state index < -0.39 is 0 Å². The quantitative estimate of drug-likeness (QED) is 0.827. The first-order valence-electron chi connectivity index (χ1n) is 6.85. The summed E-state index contributed by atoms with van der Waals surface area (Å²) in [6.07, 6.45) is 3.26. The molecule has 1 heterocycles. The lowest BCUT2D eigenvalue weighted by Crippen LogP contribution is -1.95. The fourth-order valence-electron chi connectivity index (χ4n) is 2.50. The zero-order chi connectivity index (χ0) is 14.1. The zero-order valence-corrected chi connectivity index (χ0v) is 12.5. The van der Waals surface area contributed by atoms with Crippen molar-refractivity contribution < 1.29 is 0 Å².